The third kappa shape index (κ3) is 2.54. The highest BCUT2D eigenvalue weighted by Crippen LogP contribution is 2.27. The molecule has 1 saturated carbocycles. The monoisotopic (exact) mass is 187 g/mol. The highest BCUT2D eigenvalue weighted by Gasteiger charge is 2.19. The Morgan fingerprint density at radius 3 is 3.07 bits per heavy atom. The Morgan fingerprint density at radius 2 is 2.36 bits per heavy atom. The first-order chi connectivity index (χ1) is 6.88. The molecule has 1 aromatic heterocycles. The van der Waals surface area contributed by atoms with Gasteiger partial charge in [-0.15, -0.1) is 0 Å². The van der Waals surface area contributed by atoms with Crippen LogP contribution >= 0.6 is 0 Å². The van der Waals surface area contributed by atoms with E-state index in [0.29, 0.717) is 5.56 Å². The molecule has 0 bridgehead atoms. The van der Waals surface area contributed by atoms with Crippen molar-refractivity contribution >= 4 is 0 Å². The maximum Gasteiger partial charge on any atom is 0.101 e. The van der Waals surface area contributed by atoms with Crippen LogP contribution in [0.5, 0.6) is 0 Å². The number of hydrogen-bond acceptors (Lipinski definition) is 3. The molecule has 0 radical (unpaired) electrons. The van der Waals surface area contributed by atoms with Crippen molar-refractivity contribution in [1.29, 1.82) is 5.26 Å². The molecule has 2 rings (SSSR count). The van der Waals surface area contributed by atoms with Gasteiger partial charge in [0.05, 0.1) is 5.56 Å². The minimum absolute atomic E-state index is 0.635. The Morgan fingerprint density at radius 1 is 1.50 bits per heavy atom. The molecule has 0 aromatic carbocycles. The van der Waals surface area contributed by atoms with E-state index in [0.717, 1.165) is 24.6 Å². The average Bonchev–Trinajstić information content (AvgIpc) is 3.02. The van der Waals surface area contributed by atoms with Crippen LogP contribution in [-0.4, -0.2) is 11.5 Å². The van der Waals surface area contributed by atoms with E-state index in [9.17, 15) is 0 Å². The second kappa shape index (κ2) is 4.21. The van der Waals surface area contributed by atoms with Crippen LogP contribution in [-0.2, 0) is 6.54 Å². The summed E-state index contributed by atoms with van der Waals surface area (Å²) in [6.07, 6.45) is 6.12. The van der Waals surface area contributed by atoms with E-state index in [2.05, 4.69) is 16.4 Å². The second-order valence-electron chi connectivity index (χ2n) is 3.77. The van der Waals surface area contributed by atoms with Crippen LogP contribution in [0.25, 0.3) is 0 Å². The van der Waals surface area contributed by atoms with Crippen molar-refractivity contribution in [3.63, 3.8) is 0 Å². The first-order valence-electron chi connectivity index (χ1n) is 4.93. The van der Waals surface area contributed by atoms with Crippen molar-refractivity contribution in [1.82, 2.24) is 10.3 Å². The van der Waals surface area contributed by atoms with Gasteiger partial charge in [0.1, 0.15) is 6.07 Å². The van der Waals surface area contributed by atoms with E-state index in [4.69, 9.17) is 5.26 Å². The van der Waals surface area contributed by atoms with Gasteiger partial charge in [0.15, 0.2) is 0 Å². The third-order valence-corrected chi connectivity index (χ3v) is 2.38. The molecule has 1 aromatic rings. The molecule has 3 heteroatoms. The quantitative estimate of drug-likeness (QED) is 0.776. The molecule has 1 fully saturated rings. The SMILES string of the molecule is N#Cc1cncc(CNCC2CC2)c1. The zero-order valence-corrected chi connectivity index (χ0v) is 8.03. The van der Waals surface area contributed by atoms with E-state index in [1.807, 2.05) is 6.07 Å². The summed E-state index contributed by atoms with van der Waals surface area (Å²) in [5.41, 5.74) is 1.72. The van der Waals surface area contributed by atoms with Gasteiger partial charge in [0, 0.05) is 18.9 Å². The van der Waals surface area contributed by atoms with Crippen LogP contribution < -0.4 is 5.32 Å². The predicted octanol–water partition coefficient (Wildman–Crippen LogP) is 1.45. The van der Waals surface area contributed by atoms with Crippen LogP contribution in [0, 0.1) is 17.2 Å². The Balaban J connectivity index is 1.85. The minimum atomic E-state index is 0.635. The normalized spacial score (nSPS) is 15.1. The van der Waals surface area contributed by atoms with Gasteiger partial charge in [0.25, 0.3) is 0 Å². The molecule has 0 unspecified atom stereocenters. The van der Waals surface area contributed by atoms with E-state index in [1.54, 1.807) is 12.4 Å². The molecule has 0 amide bonds. The van der Waals surface area contributed by atoms with Crippen LogP contribution in [0.3, 0.4) is 0 Å². The zero-order chi connectivity index (χ0) is 9.80. The number of nitriles is 1. The van der Waals surface area contributed by atoms with Gasteiger partial charge in [-0.1, -0.05) is 0 Å². The number of aromatic nitrogens is 1. The minimum Gasteiger partial charge on any atom is -0.312 e. The lowest BCUT2D eigenvalue weighted by molar-refractivity contribution is 0.637. The molecule has 1 N–H and O–H groups in total. The smallest absolute Gasteiger partial charge is 0.101 e. The maximum atomic E-state index is 8.68. The van der Waals surface area contributed by atoms with Crippen molar-refractivity contribution in [2.75, 3.05) is 6.54 Å². The number of pyridine rings is 1. The molecular weight excluding hydrogens is 174 g/mol. The van der Waals surface area contributed by atoms with E-state index >= 15 is 0 Å². The molecule has 0 atom stereocenters. The Kier molecular flexibility index (Phi) is 2.76. The van der Waals surface area contributed by atoms with Gasteiger partial charge >= 0.3 is 0 Å². The zero-order valence-electron chi connectivity index (χ0n) is 8.03. The lowest BCUT2D eigenvalue weighted by Gasteiger charge is -2.02. The van der Waals surface area contributed by atoms with Crippen molar-refractivity contribution < 1.29 is 0 Å². The number of nitrogens with zero attached hydrogens (tertiary/aromatic N) is 2. The first-order valence-corrected chi connectivity index (χ1v) is 4.93. The topological polar surface area (TPSA) is 48.7 Å². The molecule has 1 aliphatic carbocycles. The molecule has 0 saturated heterocycles. The highest BCUT2D eigenvalue weighted by molar-refractivity contribution is 5.28. The maximum absolute atomic E-state index is 8.68. The summed E-state index contributed by atoms with van der Waals surface area (Å²) in [6.45, 7) is 1.91. The van der Waals surface area contributed by atoms with Crippen LogP contribution in [0.2, 0.25) is 0 Å². The fourth-order valence-corrected chi connectivity index (χ4v) is 1.39. The Bertz CT molecular complexity index is 350. The molecule has 0 aliphatic heterocycles. The summed E-state index contributed by atoms with van der Waals surface area (Å²) in [7, 11) is 0. The van der Waals surface area contributed by atoms with Gasteiger partial charge in [-0.3, -0.25) is 4.98 Å². The van der Waals surface area contributed by atoms with Gasteiger partial charge < -0.3 is 5.32 Å². The number of nitrogens with one attached hydrogen (secondary N) is 1. The molecule has 14 heavy (non-hydrogen) atoms. The molecule has 1 aliphatic rings. The lowest BCUT2D eigenvalue weighted by Crippen LogP contribution is -2.16. The lowest BCUT2D eigenvalue weighted by atomic mass is 10.2. The summed E-state index contributed by atoms with van der Waals surface area (Å²) in [6, 6.07) is 3.97. The van der Waals surface area contributed by atoms with Crippen LogP contribution in [0.4, 0.5) is 0 Å². The second-order valence-corrected chi connectivity index (χ2v) is 3.77. The molecule has 3 nitrogen and oxygen atoms in total. The van der Waals surface area contributed by atoms with Crippen LogP contribution in [0.1, 0.15) is 24.0 Å². The third-order valence-electron chi connectivity index (χ3n) is 2.38. The molecular formula is C11H13N3. The summed E-state index contributed by atoms with van der Waals surface area (Å²) < 4.78 is 0. The summed E-state index contributed by atoms with van der Waals surface area (Å²) >= 11 is 0. The predicted molar refractivity (Wildman–Crippen MR) is 53.4 cm³/mol. The summed E-state index contributed by atoms with van der Waals surface area (Å²) in [5.74, 6) is 0.891. The summed E-state index contributed by atoms with van der Waals surface area (Å²) in [5, 5.41) is 12.0. The standard InChI is InChI=1S/C11H13N3/c12-4-10-3-11(8-14-6-10)7-13-5-9-1-2-9/h3,6,8-9,13H,1-2,5,7H2. The van der Waals surface area contributed by atoms with Gasteiger partial charge in [-0.05, 0) is 36.9 Å². The van der Waals surface area contributed by atoms with Crippen molar-refractivity contribution in [2.24, 2.45) is 5.92 Å². The average molecular weight is 187 g/mol. The summed E-state index contributed by atoms with van der Waals surface area (Å²) in [4.78, 5) is 4.01. The van der Waals surface area contributed by atoms with Gasteiger partial charge in [0.2, 0.25) is 0 Å². The van der Waals surface area contributed by atoms with Crippen molar-refractivity contribution in [3.05, 3.63) is 29.6 Å². The largest absolute Gasteiger partial charge is 0.312 e. The van der Waals surface area contributed by atoms with E-state index in [-0.39, 0.29) is 0 Å². The van der Waals surface area contributed by atoms with Crippen molar-refractivity contribution in [3.8, 4) is 6.07 Å². The first kappa shape index (κ1) is 9.17. The Hall–Kier alpha value is -1.40. The van der Waals surface area contributed by atoms with Gasteiger partial charge in [-0.2, -0.15) is 5.26 Å². The Labute approximate surface area is 83.8 Å². The number of hydrogen-bond donors (Lipinski definition) is 1. The molecule has 72 valence electrons. The fraction of sp³-hybridized carbons (Fsp3) is 0.455. The highest BCUT2D eigenvalue weighted by atomic mass is 14.9. The molecule has 1 heterocycles. The van der Waals surface area contributed by atoms with E-state index in [1.165, 1.54) is 12.8 Å². The number of rotatable bonds is 4. The molecule has 0 spiro atoms. The fourth-order valence-electron chi connectivity index (χ4n) is 1.39. The van der Waals surface area contributed by atoms with Crippen molar-refractivity contribution in [2.45, 2.75) is 19.4 Å². The van der Waals surface area contributed by atoms with Gasteiger partial charge in [-0.25, -0.2) is 0 Å². The van der Waals surface area contributed by atoms with Crippen LogP contribution in [0.15, 0.2) is 18.5 Å². The van der Waals surface area contributed by atoms with E-state index < -0.39 is 0 Å².